The van der Waals surface area contributed by atoms with Crippen LogP contribution < -0.4 is 15.6 Å². The molecule has 0 saturated carbocycles. The van der Waals surface area contributed by atoms with Gasteiger partial charge in [-0.05, 0) is 27.7 Å². The van der Waals surface area contributed by atoms with Gasteiger partial charge in [0.25, 0.3) is 0 Å². The lowest BCUT2D eigenvalue weighted by Crippen LogP contribution is -2.36. The van der Waals surface area contributed by atoms with Crippen molar-refractivity contribution in [3.63, 3.8) is 0 Å². The number of hydrogen-bond acceptors (Lipinski definition) is 13. The number of fused-ring (bicyclic) bond motifs is 1. The second-order valence-electron chi connectivity index (χ2n) is 11.1. The molecule has 0 aliphatic carbocycles. The van der Waals surface area contributed by atoms with Gasteiger partial charge in [-0.2, -0.15) is 9.97 Å². The van der Waals surface area contributed by atoms with Crippen molar-refractivity contribution < 1.29 is 41.8 Å². The maximum absolute atomic E-state index is 15.7. The van der Waals surface area contributed by atoms with Crippen LogP contribution in [0.4, 0.5) is 10.3 Å². The summed E-state index contributed by atoms with van der Waals surface area (Å²) in [6.07, 6.45) is -1.90. The van der Waals surface area contributed by atoms with E-state index in [2.05, 4.69) is 20.0 Å². The van der Waals surface area contributed by atoms with Crippen molar-refractivity contribution in [3.05, 3.63) is 6.33 Å². The van der Waals surface area contributed by atoms with E-state index in [1.54, 1.807) is 41.5 Å². The molecule has 1 aliphatic rings. The summed E-state index contributed by atoms with van der Waals surface area (Å²) >= 11 is 7.26. The number of halogens is 2. The van der Waals surface area contributed by atoms with Gasteiger partial charge in [-0.25, -0.2) is 19.0 Å². The topological polar surface area (TPSA) is 179 Å². The molecular weight excluding hydrogens is 630 g/mol. The minimum Gasteiger partial charge on any atom is -0.476 e. The summed E-state index contributed by atoms with van der Waals surface area (Å²) in [7, 11) is -4.20. The van der Waals surface area contributed by atoms with E-state index in [-0.39, 0.29) is 53.5 Å². The molecule has 1 saturated heterocycles. The van der Waals surface area contributed by atoms with Crippen LogP contribution in [0.5, 0.6) is 5.88 Å². The van der Waals surface area contributed by atoms with E-state index in [0.29, 0.717) is 0 Å². The molecule has 14 nitrogen and oxygen atoms in total. The maximum Gasteiger partial charge on any atom is 0.406 e. The molecule has 242 valence electrons. The van der Waals surface area contributed by atoms with E-state index in [4.69, 9.17) is 40.6 Å². The molecular formula is C25H39ClFN6O8PS. The molecule has 0 radical (unpaired) electrons. The zero-order valence-corrected chi connectivity index (χ0v) is 27.6. The molecule has 1 fully saturated rings. The minimum atomic E-state index is -4.20. The van der Waals surface area contributed by atoms with Crippen LogP contribution in [0.2, 0.25) is 0 Å². The number of carbonyl (C=O) groups is 2. The van der Waals surface area contributed by atoms with Crippen molar-refractivity contribution in [2.75, 3.05) is 31.3 Å². The van der Waals surface area contributed by atoms with Crippen LogP contribution in [-0.4, -0.2) is 79.6 Å². The third kappa shape index (κ3) is 9.46. The molecule has 0 bridgehead atoms. The Morgan fingerprint density at radius 1 is 1.33 bits per heavy atom. The van der Waals surface area contributed by atoms with E-state index in [0.717, 1.165) is 11.8 Å². The predicted molar refractivity (Wildman–Crippen MR) is 159 cm³/mol. The van der Waals surface area contributed by atoms with Crippen LogP contribution >= 0.6 is 31.1 Å². The lowest BCUT2D eigenvalue weighted by Gasteiger charge is -2.24. The average Bonchev–Trinajstić information content (AvgIpc) is 3.43. The Hall–Kier alpha value is -2.07. The van der Waals surface area contributed by atoms with Crippen molar-refractivity contribution in [1.29, 1.82) is 0 Å². The molecule has 3 rings (SSSR count). The number of carbonyl (C=O) groups excluding carboxylic acids is 2. The van der Waals surface area contributed by atoms with Crippen LogP contribution in [0.15, 0.2) is 6.33 Å². The highest BCUT2D eigenvalue weighted by atomic mass is 35.5. The fourth-order valence-corrected chi connectivity index (χ4v) is 6.58. The Kier molecular flexibility index (Phi) is 11.8. The van der Waals surface area contributed by atoms with Crippen molar-refractivity contribution in [2.24, 2.45) is 5.41 Å². The number of anilines is 1. The summed E-state index contributed by atoms with van der Waals surface area (Å²) < 4.78 is 58.3. The number of alkyl halides is 2. The van der Waals surface area contributed by atoms with Crippen LogP contribution in [0.25, 0.3) is 11.2 Å². The Balaban J connectivity index is 1.74. The Morgan fingerprint density at radius 2 is 2.02 bits per heavy atom. The first-order valence-corrected chi connectivity index (χ1v) is 16.6. The normalized spacial score (nSPS) is 22.9. The molecule has 0 aromatic carbocycles. The third-order valence-corrected chi connectivity index (χ3v) is 9.10. The molecule has 0 spiro atoms. The number of hydrogen-bond donors (Lipinski definition) is 2. The van der Waals surface area contributed by atoms with E-state index in [9.17, 15) is 14.2 Å². The molecule has 3 N–H and O–H groups in total. The van der Waals surface area contributed by atoms with E-state index in [1.165, 1.54) is 17.8 Å². The van der Waals surface area contributed by atoms with Gasteiger partial charge in [0.05, 0.1) is 38.4 Å². The summed E-state index contributed by atoms with van der Waals surface area (Å²) in [5.74, 6) is -0.501. The zero-order valence-electron chi connectivity index (χ0n) is 25.2. The Bertz CT molecular complexity index is 1340. The summed E-state index contributed by atoms with van der Waals surface area (Å²) in [5.41, 5.74) is 5.61. The van der Waals surface area contributed by atoms with Crippen molar-refractivity contribution in [2.45, 2.75) is 84.5 Å². The number of aromatic nitrogens is 4. The van der Waals surface area contributed by atoms with Crippen molar-refractivity contribution >= 4 is 59.3 Å². The second-order valence-corrected chi connectivity index (χ2v) is 14.5. The van der Waals surface area contributed by atoms with Gasteiger partial charge >= 0.3 is 13.7 Å². The number of nitrogens with one attached hydrogen (secondary N) is 1. The number of thioether (sulfide) groups is 1. The minimum absolute atomic E-state index is 0.0760. The van der Waals surface area contributed by atoms with E-state index >= 15 is 4.39 Å². The molecule has 2 aromatic heterocycles. The number of ether oxygens (including phenoxy) is 3. The quantitative estimate of drug-likeness (QED) is 0.125. The monoisotopic (exact) mass is 668 g/mol. The highest BCUT2D eigenvalue weighted by molar-refractivity contribution is 8.13. The number of nitrogens with zero attached hydrogens (tertiary/aromatic N) is 4. The smallest absolute Gasteiger partial charge is 0.406 e. The first kappa shape index (κ1) is 35.4. The van der Waals surface area contributed by atoms with Gasteiger partial charge in [0, 0.05) is 17.6 Å². The average molecular weight is 669 g/mol. The van der Waals surface area contributed by atoms with Crippen LogP contribution in [-0.2, 0) is 32.7 Å². The molecule has 18 heteroatoms. The SMILES string of the molecule is CCOc1nc(N)nc2c1ncn2[C@@H]1O[C@H](CO[P@](=O)(N[C@@H](C)C(=O)OC(C)C)OCCSC(=O)C(C)(C)C)C[C@]1(F)Cl. The highest BCUT2D eigenvalue weighted by Gasteiger charge is 2.51. The fraction of sp³-hybridized carbons (Fsp3) is 0.720. The third-order valence-electron chi connectivity index (χ3n) is 5.80. The van der Waals surface area contributed by atoms with Crippen molar-refractivity contribution in [1.82, 2.24) is 24.6 Å². The predicted octanol–water partition coefficient (Wildman–Crippen LogP) is 4.38. The molecule has 3 heterocycles. The number of nitrogen functional groups attached to an aromatic ring is 1. The van der Waals surface area contributed by atoms with Crippen LogP contribution in [0.1, 0.15) is 61.1 Å². The second kappa shape index (κ2) is 14.4. The van der Waals surface area contributed by atoms with E-state index in [1.807, 2.05) is 0 Å². The van der Waals surface area contributed by atoms with Gasteiger partial charge in [0.2, 0.25) is 17.0 Å². The lowest BCUT2D eigenvalue weighted by atomic mass is 10.00. The number of nitrogens with two attached hydrogens (primary N) is 1. The molecule has 1 aliphatic heterocycles. The number of esters is 1. The summed E-state index contributed by atoms with van der Waals surface area (Å²) in [5, 5.41) is 0.0323. The molecule has 43 heavy (non-hydrogen) atoms. The zero-order chi connectivity index (χ0) is 32.2. The van der Waals surface area contributed by atoms with E-state index < -0.39 is 55.3 Å². The van der Waals surface area contributed by atoms with Crippen molar-refractivity contribution in [3.8, 4) is 5.88 Å². The largest absolute Gasteiger partial charge is 0.476 e. The fourth-order valence-electron chi connectivity index (χ4n) is 3.84. The van der Waals surface area contributed by atoms with Gasteiger partial charge in [0.15, 0.2) is 22.5 Å². The molecule has 2 aromatic rings. The van der Waals surface area contributed by atoms with Gasteiger partial charge in [-0.1, -0.05) is 44.1 Å². The van der Waals surface area contributed by atoms with Gasteiger partial charge < -0.3 is 19.9 Å². The molecule has 0 unspecified atom stereocenters. The van der Waals surface area contributed by atoms with Gasteiger partial charge in [-0.3, -0.25) is 23.2 Å². The first-order chi connectivity index (χ1) is 20.0. The standard InChI is InChI=1S/C25H39ClFN6O8PS/c1-8-37-19-17-18(30-23(28)31-19)33(13-29-17)21-25(26,27)11-16(41-21)12-39-42(36,32-15(4)20(34)40-14(2)3)38-9-10-43-22(35)24(5,6)7/h13-16,21H,8-12H2,1-7H3,(H,32,36)(H2,28,30,31)/t15-,16-,21+,25+,42-/m0/s1. The lowest BCUT2D eigenvalue weighted by molar-refractivity contribution is -0.149. The molecule has 5 atom stereocenters. The summed E-state index contributed by atoms with van der Waals surface area (Å²) in [6.45, 7) is 11.6. The summed E-state index contributed by atoms with van der Waals surface area (Å²) in [4.78, 5) is 37.0. The van der Waals surface area contributed by atoms with Gasteiger partial charge in [-0.15, -0.1) is 0 Å². The Labute approximate surface area is 258 Å². The van der Waals surface area contributed by atoms with Crippen LogP contribution in [0.3, 0.4) is 0 Å². The maximum atomic E-state index is 15.7. The number of imidazole rings is 1. The van der Waals surface area contributed by atoms with Crippen LogP contribution in [0, 0.1) is 5.41 Å². The highest BCUT2D eigenvalue weighted by Crippen LogP contribution is 2.49. The first-order valence-electron chi connectivity index (χ1n) is 13.7. The Morgan fingerprint density at radius 3 is 2.65 bits per heavy atom. The number of rotatable bonds is 14. The van der Waals surface area contributed by atoms with Gasteiger partial charge in [0.1, 0.15) is 6.04 Å². The molecule has 0 amide bonds. The summed E-state index contributed by atoms with van der Waals surface area (Å²) in [6, 6.07) is -1.08.